The summed E-state index contributed by atoms with van der Waals surface area (Å²) in [6.07, 6.45) is -4.44. The molecule has 3 nitrogen and oxygen atoms in total. The fraction of sp³-hybridized carbons (Fsp3) is 0.316. The molecule has 2 aromatic carbocycles. The molecule has 0 saturated carbocycles. The van der Waals surface area contributed by atoms with Crippen LogP contribution in [-0.4, -0.2) is 30.2 Å². The Morgan fingerprint density at radius 2 is 1.48 bits per heavy atom. The summed E-state index contributed by atoms with van der Waals surface area (Å²) in [5, 5.41) is 0. The molecule has 3 rings (SSSR count). The fourth-order valence-corrected chi connectivity index (χ4v) is 2.99. The summed E-state index contributed by atoms with van der Waals surface area (Å²) >= 11 is 0. The minimum atomic E-state index is -4.37. The third-order valence-electron chi connectivity index (χ3n) is 4.13. The predicted octanol–water partition coefficient (Wildman–Crippen LogP) is 4.16. The van der Waals surface area contributed by atoms with E-state index in [0.717, 1.165) is 22.3 Å². The highest BCUT2D eigenvalue weighted by molar-refractivity contribution is 5.79. The maximum atomic E-state index is 12.5. The van der Waals surface area contributed by atoms with Crippen LogP contribution in [0, 0.1) is 0 Å². The van der Waals surface area contributed by atoms with Crippen LogP contribution in [0.25, 0.3) is 11.1 Å². The first kappa shape index (κ1) is 17.5. The third kappa shape index (κ3) is 4.39. The van der Waals surface area contributed by atoms with E-state index in [0.29, 0.717) is 13.1 Å². The quantitative estimate of drug-likeness (QED) is 0.776. The molecule has 0 saturated heterocycles. The first-order valence-electron chi connectivity index (χ1n) is 8.02. The van der Waals surface area contributed by atoms with E-state index in [2.05, 4.69) is 4.74 Å². The van der Waals surface area contributed by atoms with Crippen molar-refractivity contribution in [3.8, 4) is 11.1 Å². The van der Waals surface area contributed by atoms with Crippen molar-refractivity contribution >= 4 is 5.91 Å². The molecule has 25 heavy (non-hydrogen) atoms. The van der Waals surface area contributed by atoms with E-state index in [4.69, 9.17) is 0 Å². The summed E-state index contributed by atoms with van der Waals surface area (Å²) in [6.45, 7) is -0.698. The van der Waals surface area contributed by atoms with Gasteiger partial charge in [-0.1, -0.05) is 48.5 Å². The third-order valence-corrected chi connectivity index (χ3v) is 4.13. The van der Waals surface area contributed by atoms with Gasteiger partial charge in [0.2, 0.25) is 5.91 Å². The van der Waals surface area contributed by atoms with E-state index in [1.165, 1.54) is 0 Å². The molecule has 0 spiro atoms. The Balaban J connectivity index is 1.73. The minimum Gasteiger partial charge on any atom is -0.372 e. The molecule has 0 unspecified atom stereocenters. The molecule has 2 aromatic rings. The molecule has 132 valence electrons. The lowest BCUT2D eigenvalue weighted by atomic mass is 9.97. The molecule has 0 fully saturated rings. The number of carbonyl (C=O) groups excluding carboxylic acids is 1. The summed E-state index contributed by atoms with van der Waals surface area (Å²) < 4.78 is 40.9. The molecular formula is C19H18F3NO2. The number of amides is 1. The molecule has 1 amide bonds. The van der Waals surface area contributed by atoms with Crippen molar-refractivity contribution in [2.45, 2.75) is 25.7 Å². The summed E-state index contributed by atoms with van der Waals surface area (Å²) in [5.74, 6) is -0.214. The molecule has 0 aliphatic carbocycles. The van der Waals surface area contributed by atoms with Crippen LogP contribution >= 0.6 is 0 Å². The molecule has 1 aliphatic heterocycles. The Kier molecular flexibility index (Phi) is 5.08. The van der Waals surface area contributed by atoms with Crippen LogP contribution in [0.2, 0.25) is 0 Å². The van der Waals surface area contributed by atoms with Gasteiger partial charge < -0.3 is 9.64 Å². The van der Waals surface area contributed by atoms with Gasteiger partial charge in [-0.2, -0.15) is 13.2 Å². The highest BCUT2D eigenvalue weighted by atomic mass is 19.4. The van der Waals surface area contributed by atoms with Gasteiger partial charge in [0.15, 0.2) is 0 Å². The van der Waals surface area contributed by atoms with Crippen LogP contribution in [0.4, 0.5) is 13.2 Å². The number of fused-ring (bicyclic) bond motifs is 3. The van der Waals surface area contributed by atoms with Crippen molar-refractivity contribution in [1.29, 1.82) is 0 Å². The van der Waals surface area contributed by atoms with Crippen molar-refractivity contribution in [3.63, 3.8) is 0 Å². The van der Waals surface area contributed by atoms with E-state index in [1.807, 2.05) is 48.5 Å². The minimum absolute atomic E-state index is 0.0690. The summed E-state index contributed by atoms with van der Waals surface area (Å²) in [4.78, 5) is 14.1. The maximum absolute atomic E-state index is 12.5. The summed E-state index contributed by atoms with van der Waals surface area (Å²) in [5.41, 5.74) is 4.22. The molecule has 0 atom stereocenters. The zero-order valence-corrected chi connectivity index (χ0v) is 13.6. The highest BCUT2D eigenvalue weighted by Gasteiger charge is 2.28. The first-order valence-corrected chi connectivity index (χ1v) is 8.02. The van der Waals surface area contributed by atoms with Gasteiger partial charge in [-0.25, -0.2) is 0 Å². The molecule has 0 bridgehead atoms. The van der Waals surface area contributed by atoms with Gasteiger partial charge >= 0.3 is 6.18 Å². The maximum Gasteiger partial charge on any atom is 0.411 e. The molecular weight excluding hydrogens is 331 g/mol. The molecule has 6 heteroatoms. The van der Waals surface area contributed by atoms with Crippen LogP contribution in [0.3, 0.4) is 0 Å². The van der Waals surface area contributed by atoms with E-state index < -0.39 is 12.8 Å². The number of alkyl halides is 3. The molecule has 0 N–H and O–H groups in total. The van der Waals surface area contributed by atoms with E-state index >= 15 is 0 Å². The lowest BCUT2D eigenvalue weighted by molar-refractivity contribution is -0.175. The second-order valence-corrected chi connectivity index (χ2v) is 5.98. The topological polar surface area (TPSA) is 29.5 Å². The van der Waals surface area contributed by atoms with Gasteiger partial charge in [-0.05, 0) is 22.3 Å². The van der Waals surface area contributed by atoms with Gasteiger partial charge in [0, 0.05) is 13.1 Å². The standard InChI is InChI=1S/C19H18F3NO2/c20-19(21,22)13-25-10-9-18(24)23-11-14-5-1-3-7-16(14)17-8-4-2-6-15(17)12-23/h1-8H,9-13H2. The number of benzene rings is 2. The number of hydrogen-bond donors (Lipinski definition) is 0. The predicted molar refractivity (Wildman–Crippen MR) is 87.6 cm³/mol. The van der Waals surface area contributed by atoms with Gasteiger partial charge in [0.25, 0.3) is 0 Å². The van der Waals surface area contributed by atoms with Gasteiger partial charge in [0.1, 0.15) is 6.61 Å². The van der Waals surface area contributed by atoms with Gasteiger partial charge in [-0.3, -0.25) is 4.79 Å². The van der Waals surface area contributed by atoms with Crippen LogP contribution in [-0.2, 0) is 22.6 Å². The molecule has 1 heterocycles. The van der Waals surface area contributed by atoms with E-state index in [1.54, 1.807) is 4.90 Å². The molecule has 1 aliphatic rings. The van der Waals surface area contributed by atoms with Crippen molar-refractivity contribution in [2.24, 2.45) is 0 Å². The first-order chi connectivity index (χ1) is 11.9. The Morgan fingerprint density at radius 1 is 0.960 bits per heavy atom. The van der Waals surface area contributed by atoms with Crippen LogP contribution in [0.5, 0.6) is 0 Å². The SMILES string of the molecule is O=C(CCOCC(F)(F)F)N1Cc2ccccc2-c2ccccc2C1. The number of ether oxygens (including phenoxy) is 1. The number of carbonyl (C=O) groups is 1. The number of hydrogen-bond acceptors (Lipinski definition) is 2. The highest BCUT2D eigenvalue weighted by Crippen LogP contribution is 2.32. The normalized spacial score (nSPS) is 13.8. The lowest BCUT2D eigenvalue weighted by Gasteiger charge is -2.21. The van der Waals surface area contributed by atoms with Gasteiger partial charge in [0.05, 0.1) is 13.0 Å². The second-order valence-electron chi connectivity index (χ2n) is 5.98. The van der Waals surface area contributed by atoms with Crippen molar-refractivity contribution in [2.75, 3.05) is 13.2 Å². The van der Waals surface area contributed by atoms with Crippen molar-refractivity contribution < 1.29 is 22.7 Å². The Hall–Kier alpha value is -2.34. The molecule has 0 radical (unpaired) electrons. The Labute approximate surface area is 144 Å². The lowest BCUT2D eigenvalue weighted by Crippen LogP contribution is -2.30. The zero-order valence-electron chi connectivity index (χ0n) is 13.6. The average molecular weight is 349 g/mol. The van der Waals surface area contributed by atoms with E-state index in [9.17, 15) is 18.0 Å². The smallest absolute Gasteiger partial charge is 0.372 e. The Morgan fingerprint density at radius 3 is 2.00 bits per heavy atom. The van der Waals surface area contributed by atoms with Crippen molar-refractivity contribution in [1.82, 2.24) is 4.90 Å². The van der Waals surface area contributed by atoms with Crippen LogP contribution in [0.15, 0.2) is 48.5 Å². The van der Waals surface area contributed by atoms with Gasteiger partial charge in [-0.15, -0.1) is 0 Å². The summed E-state index contributed by atoms with van der Waals surface area (Å²) in [7, 11) is 0. The number of halogens is 3. The van der Waals surface area contributed by atoms with Crippen molar-refractivity contribution in [3.05, 3.63) is 59.7 Å². The fourth-order valence-electron chi connectivity index (χ4n) is 2.99. The monoisotopic (exact) mass is 349 g/mol. The number of nitrogens with zero attached hydrogens (tertiary/aromatic N) is 1. The largest absolute Gasteiger partial charge is 0.411 e. The van der Waals surface area contributed by atoms with E-state index in [-0.39, 0.29) is 18.9 Å². The average Bonchev–Trinajstić information content (AvgIpc) is 2.74. The molecule has 0 aromatic heterocycles. The summed E-state index contributed by atoms with van der Waals surface area (Å²) in [6, 6.07) is 15.7. The van der Waals surface area contributed by atoms with Crippen LogP contribution in [0.1, 0.15) is 17.5 Å². The van der Waals surface area contributed by atoms with Crippen LogP contribution < -0.4 is 0 Å². The second kappa shape index (κ2) is 7.27. The number of rotatable bonds is 4. The Bertz CT molecular complexity index is 711. The zero-order chi connectivity index (χ0) is 17.9.